The van der Waals surface area contributed by atoms with Crippen molar-refractivity contribution in [1.82, 2.24) is 0 Å². The van der Waals surface area contributed by atoms with Crippen molar-refractivity contribution in [2.24, 2.45) is 11.3 Å². The lowest BCUT2D eigenvalue weighted by molar-refractivity contribution is -0.161. The van der Waals surface area contributed by atoms with Gasteiger partial charge >= 0.3 is 5.97 Å². The Morgan fingerprint density at radius 3 is 2.88 bits per heavy atom. The van der Waals surface area contributed by atoms with Crippen molar-refractivity contribution in [2.75, 3.05) is 7.11 Å². The van der Waals surface area contributed by atoms with Gasteiger partial charge in [0.25, 0.3) is 0 Å². The molecule has 3 heteroatoms. The predicted molar refractivity (Wildman–Crippen MR) is 64.4 cm³/mol. The molecule has 0 saturated heterocycles. The van der Waals surface area contributed by atoms with Crippen molar-refractivity contribution in [2.45, 2.75) is 44.9 Å². The van der Waals surface area contributed by atoms with Crippen molar-refractivity contribution < 1.29 is 14.3 Å². The molecule has 0 spiro atoms. The van der Waals surface area contributed by atoms with E-state index in [1.165, 1.54) is 7.11 Å². The molecule has 2 aliphatic carbocycles. The van der Waals surface area contributed by atoms with Gasteiger partial charge in [-0.3, -0.25) is 9.59 Å². The smallest absolute Gasteiger partial charge is 0.319 e. The second-order valence-electron chi connectivity index (χ2n) is 5.31. The molecule has 2 rings (SSSR count). The highest BCUT2D eigenvalue weighted by molar-refractivity contribution is 6.05. The van der Waals surface area contributed by atoms with E-state index in [0.29, 0.717) is 12.8 Å². The SMILES string of the molecule is C=C1C[C@H]2CCCCCC(=O)[C@@]2(C(=O)OC)C1. The first-order chi connectivity index (χ1) is 8.11. The molecular formula is C14H20O3. The van der Waals surface area contributed by atoms with E-state index >= 15 is 0 Å². The maximum absolute atomic E-state index is 12.4. The Balaban J connectivity index is 2.38. The zero-order valence-corrected chi connectivity index (χ0v) is 10.5. The molecule has 2 aliphatic rings. The topological polar surface area (TPSA) is 43.4 Å². The molecule has 0 N–H and O–H groups in total. The molecule has 0 radical (unpaired) electrons. The Morgan fingerprint density at radius 1 is 1.41 bits per heavy atom. The van der Waals surface area contributed by atoms with Crippen LogP contribution in [0.15, 0.2) is 12.2 Å². The summed E-state index contributed by atoms with van der Waals surface area (Å²) in [4.78, 5) is 24.5. The van der Waals surface area contributed by atoms with Gasteiger partial charge in [-0.1, -0.05) is 25.0 Å². The molecule has 0 aromatic rings. The minimum atomic E-state index is -0.897. The number of rotatable bonds is 1. The van der Waals surface area contributed by atoms with Gasteiger partial charge in [-0.05, 0) is 31.6 Å². The van der Waals surface area contributed by atoms with Gasteiger partial charge in [0.2, 0.25) is 0 Å². The van der Waals surface area contributed by atoms with Crippen molar-refractivity contribution in [3.8, 4) is 0 Å². The lowest BCUT2D eigenvalue weighted by atomic mass is 9.69. The lowest BCUT2D eigenvalue weighted by Gasteiger charge is -2.32. The molecule has 94 valence electrons. The van der Waals surface area contributed by atoms with Crippen LogP contribution < -0.4 is 0 Å². The first-order valence-electron chi connectivity index (χ1n) is 6.39. The summed E-state index contributed by atoms with van der Waals surface area (Å²) in [6.07, 6.45) is 5.86. The van der Waals surface area contributed by atoms with Gasteiger partial charge < -0.3 is 4.74 Å². The van der Waals surface area contributed by atoms with E-state index in [1.54, 1.807) is 0 Å². The molecule has 0 bridgehead atoms. The second-order valence-corrected chi connectivity index (χ2v) is 5.31. The second kappa shape index (κ2) is 4.63. The van der Waals surface area contributed by atoms with Gasteiger partial charge in [0.1, 0.15) is 5.41 Å². The minimum absolute atomic E-state index is 0.0766. The highest BCUT2D eigenvalue weighted by Gasteiger charge is 2.55. The summed E-state index contributed by atoms with van der Waals surface area (Å²) in [5.74, 6) is -0.143. The highest BCUT2D eigenvalue weighted by atomic mass is 16.5. The molecule has 17 heavy (non-hydrogen) atoms. The van der Waals surface area contributed by atoms with E-state index in [2.05, 4.69) is 6.58 Å². The van der Waals surface area contributed by atoms with Crippen LogP contribution in [0.25, 0.3) is 0 Å². The molecule has 2 saturated carbocycles. The van der Waals surface area contributed by atoms with E-state index in [4.69, 9.17) is 4.74 Å². The van der Waals surface area contributed by atoms with Crippen LogP contribution in [0.2, 0.25) is 0 Å². The summed E-state index contributed by atoms with van der Waals surface area (Å²) in [5.41, 5.74) is 0.127. The summed E-state index contributed by atoms with van der Waals surface area (Å²) in [6.45, 7) is 3.98. The monoisotopic (exact) mass is 236 g/mol. The van der Waals surface area contributed by atoms with E-state index in [9.17, 15) is 9.59 Å². The zero-order chi connectivity index (χ0) is 12.5. The standard InChI is InChI=1S/C14H20O3/c1-10-8-11-6-4-3-5-7-12(15)14(11,9-10)13(16)17-2/h11H,1,3-9H2,2H3/t11-,14-/m1/s1. The van der Waals surface area contributed by atoms with Crippen molar-refractivity contribution >= 4 is 11.8 Å². The van der Waals surface area contributed by atoms with Crippen LogP contribution >= 0.6 is 0 Å². The van der Waals surface area contributed by atoms with Crippen LogP contribution in [0.3, 0.4) is 0 Å². The van der Waals surface area contributed by atoms with Crippen molar-refractivity contribution in [3.05, 3.63) is 12.2 Å². The fourth-order valence-electron chi connectivity index (χ4n) is 3.42. The molecule has 0 amide bonds. The number of hydrogen-bond donors (Lipinski definition) is 0. The first-order valence-corrected chi connectivity index (χ1v) is 6.39. The fourth-order valence-corrected chi connectivity index (χ4v) is 3.42. The van der Waals surface area contributed by atoms with Gasteiger partial charge in [0.05, 0.1) is 7.11 Å². The van der Waals surface area contributed by atoms with E-state index in [1.807, 2.05) is 0 Å². The maximum Gasteiger partial charge on any atom is 0.319 e. The molecular weight excluding hydrogens is 216 g/mol. The highest BCUT2D eigenvalue weighted by Crippen LogP contribution is 2.51. The quantitative estimate of drug-likeness (QED) is 0.399. The van der Waals surface area contributed by atoms with Crippen LogP contribution in [0.5, 0.6) is 0 Å². The van der Waals surface area contributed by atoms with Crippen molar-refractivity contribution in [1.29, 1.82) is 0 Å². The van der Waals surface area contributed by atoms with Gasteiger partial charge in [0, 0.05) is 6.42 Å². The van der Waals surface area contributed by atoms with Crippen LogP contribution in [0.1, 0.15) is 44.9 Å². The van der Waals surface area contributed by atoms with Crippen molar-refractivity contribution in [3.63, 3.8) is 0 Å². The molecule has 0 heterocycles. The molecule has 3 nitrogen and oxygen atoms in total. The lowest BCUT2D eigenvalue weighted by Crippen LogP contribution is -2.44. The number of esters is 1. The Kier molecular flexibility index (Phi) is 3.36. The Hall–Kier alpha value is -1.12. The van der Waals surface area contributed by atoms with E-state index in [0.717, 1.165) is 37.7 Å². The molecule has 0 aromatic heterocycles. The predicted octanol–water partition coefficient (Wildman–Crippen LogP) is 2.65. The number of allylic oxidation sites excluding steroid dienone is 1. The third-order valence-electron chi connectivity index (χ3n) is 4.26. The summed E-state index contributed by atoms with van der Waals surface area (Å²) in [6, 6.07) is 0. The molecule has 2 fully saturated rings. The Morgan fingerprint density at radius 2 is 2.18 bits per heavy atom. The van der Waals surface area contributed by atoms with Crippen LogP contribution in [0, 0.1) is 11.3 Å². The number of hydrogen-bond acceptors (Lipinski definition) is 3. The van der Waals surface area contributed by atoms with E-state index in [-0.39, 0.29) is 17.7 Å². The number of Topliss-reactive ketones (excluding diaryl/α,β-unsaturated/α-hetero) is 1. The van der Waals surface area contributed by atoms with Crippen LogP contribution in [-0.2, 0) is 14.3 Å². The van der Waals surface area contributed by atoms with Crippen LogP contribution in [0.4, 0.5) is 0 Å². The largest absolute Gasteiger partial charge is 0.468 e. The first kappa shape index (κ1) is 12.3. The normalized spacial score (nSPS) is 33.8. The summed E-state index contributed by atoms with van der Waals surface area (Å²) < 4.78 is 4.91. The summed E-state index contributed by atoms with van der Waals surface area (Å²) in [5, 5.41) is 0. The number of ether oxygens (including phenoxy) is 1. The van der Waals surface area contributed by atoms with Gasteiger partial charge in [-0.2, -0.15) is 0 Å². The third-order valence-corrected chi connectivity index (χ3v) is 4.26. The number of fused-ring (bicyclic) bond motifs is 1. The average molecular weight is 236 g/mol. The summed E-state index contributed by atoms with van der Waals surface area (Å²) >= 11 is 0. The average Bonchev–Trinajstić information content (AvgIpc) is 2.63. The maximum atomic E-state index is 12.4. The fraction of sp³-hybridized carbons (Fsp3) is 0.714. The molecule has 0 unspecified atom stereocenters. The number of methoxy groups -OCH3 is 1. The summed E-state index contributed by atoms with van der Waals surface area (Å²) in [7, 11) is 1.38. The third kappa shape index (κ3) is 1.92. The number of carbonyl (C=O) groups excluding carboxylic acids is 2. The number of carbonyl (C=O) groups is 2. The number of ketones is 1. The Labute approximate surface area is 102 Å². The van der Waals surface area contributed by atoms with Crippen LogP contribution in [-0.4, -0.2) is 18.9 Å². The Bertz CT molecular complexity index is 358. The minimum Gasteiger partial charge on any atom is -0.468 e. The molecule has 0 aromatic carbocycles. The van der Waals surface area contributed by atoms with Gasteiger partial charge in [0.15, 0.2) is 5.78 Å². The molecule has 2 atom stereocenters. The van der Waals surface area contributed by atoms with Gasteiger partial charge in [-0.15, -0.1) is 0 Å². The molecule has 0 aliphatic heterocycles. The van der Waals surface area contributed by atoms with Gasteiger partial charge in [-0.25, -0.2) is 0 Å². The zero-order valence-electron chi connectivity index (χ0n) is 10.5. The van der Waals surface area contributed by atoms with E-state index < -0.39 is 5.41 Å².